The second kappa shape index (κ2) is 6.11. The molecule has 1 heterocycles. The van der Waals surface area contributed by atoms with Crippen molar-refractivity contribution in [3.8, 4) is 11.4 Å². The van der Waals surface area contributed by atoms with E-state index in [0.717, 1.165) is 11.4 Å². The molecular formula is C15H12ClN3OS. The van der Waals surface area contributed by atoms with Crippen molar-refractivity contribution in [1.82, 2.24) is 14.8 Å². The Labute approximate surface area is 132 Å². The molecule has 0 saturated heterocycles. The number of benzene rings is 2. The molecule has 0 radical (unpaired) electrons. The predicted molar refractivity (Wildman–Crippen MR) is 84.5 cm³/mol. The van der Waals surface area contributed by atoms with E-state index in [1.807, 2.05) is 59.2 Å². The molecule has 0 fully saturated rings. The molecule has 0 aliphatic carbocycles. The third-order valence-electron chi connectivity index (χ3n) is 2.94. The van der Waals surface area contributed by atoms with Gasteiger partial charge in [-0.3, -0.25) is 9.67 Å². The Kier molecular flexibility index (Phi) is 4.03. The zero-order chi connectivity index (χ0) is 14.7. The molecule has 0 bridgehead atoms. The fourth-order valence-electron chi connectivity index (χ4n) is 1.95. The molecule has 0 aliphatic rings. The van der Waals surface area contributed by atoms with Gasteiger partial charge >= 0.3 is 0 Å². The van der Waals surface area contributed by atoms with Crippen LogP contribution in [0.3, 0.4) is 0 Å². The lowest BCUT2D eigenvalue weighted by atomic mass is 10.3. The van der Waals surface area contributed by atoms with Crippen LogP contribution in [0.15, 0.2) is 54.6 Å². The first-order chi connectivity index (χ1) is 10.2. The minimum absolute atomic E-state index is 0.319. The van der Waals surface area contributed by atoms with Crippen molar-refractivity contribution in [2.24, 2.45) is 0 Å². The smallest absolute Gasteiger partial charge is 0.199 e. The number of rotatable bonds is 4. The zero-order valence-electron chi connectivity index (χ0n) is 11.0. The van der Waals surface area contributed by atoms with Crippen molar-refractivity contribution in [2.45, 2.75) is 6.61 Å². The van der Waals surface area contributed by atoms with Gasteiger partial charge in [0.2, 0.25) is 0 Å². The Morgan fingerprint density at radius 3 is 2.52 bits per heavy atom. The molecule has 6 heteroatoms. The maximum Gasteiger partial charge on any atom is 0.199 e. The summed E-state index contributed by atoms with van der Waals surface area (Å²) in [5.41, 5.74) is 0.893. The molecule has 3 rings (SSSR count). The molecule has 0 spiro atoms. The Morgan fingerprint density at radius 1 is 1.10 bits per heavy atom. The normalized spacial score (nSPS) is 10.5. The molecular weight excluding hydrogens is 306 g/mol. The molecule has 4 nitrogen and oxygen atoms in total. The lowest BCUT2D eigenvalue weighted by Crippen LogP contribution is -2.05. The minimum atomic E-state index is 0.319. The van der Waals surface area contributed by atoms with E-state index < -0.39 is 0 Å². The van der Waals surface area contributed by atoms with E-state index in [1.54, 1.807) is 0 Å². The highest BCUT2D eigenvalue weighted by Crippen LogP contribution is 2.17. The van der Waals surface area contributed by atoms with Gasteiger partial charge in [0.15, 0.2) is 10.6 Å². The summed E-state index contributed by atoms with van der Waals surface area (Å²) in [5, 5.41) is 7.68. The van der Waals surface area contributed by atoms with E-state index >= 15 is 0 Å². The molecule has 1 aromatic heterocycles. The van der Waals surface area contributed by atoms with Gasteiger partial charge < -0.3 is 4.74 Å². The summed E-state index contributed by atoms with van der Waals surface area (Å²) >= 11 is 11.2. The van der Waals surface area contributed by atoms with E-state index in [9.17, 15) is 0 Å². The molecule has 1 N–H and O–H groups in total. The highest BCUT2D eigenvalue weighted by Gasteiger charge is 2.09. The highest BCUT2D eigenvalue weighted by atomic mass is 35.5. The van der Waals surface area contributed by atoms with Gasteiger partial charge in [0.05, 0.1) is 0 Å². The molecule has 2 aromatic carbocycles. The van der Waals surface area contributed by atoms with Gasteiger partial charge in [-0.1, -0.05) is 29.8 Å². The van der Waals surface area contributed by atoms with E-state index in [4.69, 9.17) is 28.6 Å². The number of para-hydroxylation sites is 1. The molecule has 0 atom stereocenters. The molecule has 0 unspecified atom stereocenters. The summed E-state index contributed by atoms with van der Waals surface area (Å²) in [6.07, 6.45) is 0. The van der Waals surface area contributed by atoms with E-state index in [2.05, 4.69) is 10.2 Å². The van der Waals surface area contributed by atoms with Crippen LogP contribution in [0.4, 0.5) is 0 Å². The van der Waals surface area contributed by atoms with Crippen LogP contribution in [0.5, 0.6) is 5.75 Å². The number of aromatic nitrogens is 3. The van der Waals surface area contributed by atoms with Crippen molar-refractivity contribution >= 4 is 23.8 Å². The second-order valence-corrected chi connectivity index (χ2v) is 5.18. The fourth-order valence-corrected chi connectivity index (χ4v) is 2.33. The number of hydrogen-bond acceptors (Lipinski definition) is 3. The SMILES string of the molecule is S=c1[nH]nc(COc2ccccc2)n1-c1ccc(Cl)cc1. The first-order valence-corrected chi connectivity index (χ1v) is 7.13. The van der Waals surface area contributed by atoms with Crippen LogP contribution in [0.1, 0.15) is 5.82 Å². The van der Waals surface area contributed by atoms with Crippen molar-refractivity contribution in [1.29, 1.82) is 0 Å². The number of nitrogens with one attached hydrogen (secondary N) is 1. The molecule has 0 saturated carbocycles. The number of hydrogen-bond donors (Lipinski definition) is 1. The van der Waals surface area contributed by atoms with E-state index in [-0.39, 0.29) is 0 Å². The second-order valence-electron chi connectivity index (χ2n) is 4.36. The monoisotopic (exact) mass is 317 g/mol. The van der Waals surface area contributed by atoms with E-state index in [0.29, 0.717) is 22.2 Å². The summed E-state index contributed by atoms with van der Waals surface area (Å²) < 4.78 is 8.06. The summed E-state index contributed by atoms with van der Waals surface area (Å²) in [6.45, 7) is 0.319. The lowest BCUT2D eigenvalue weighted by molar-refractivity contribution is 0.293. The number of H-pyrrole nitrogens is 1. The van der Waals surface area contributed by atoms with Crippen LogP contribution in [-0.4, -0.2) is 14.8 Å². The number of ether oxygens (including phenoxy) is 1. The topological polar surface area (TPSA) is 42.8 Å². The Bertz CT molecular complexity index is 781. The molecule has 0 amide bonds. The maximum atomic E-state index is 5.91. The van der Waals surface area contributed by atoms with Crippen LogP contribution in [0, 0.1) is 4.77 Å². The summed E-state index contributed by atoms with van der Waals surface area (Å²) in [4.78, 5) is 0. The van der Waals surface area contributed by atoms with E-state index in [1.165, 1.54) is 0 Å². The first kappa shape index (κ1) is 13.9. The Morgan fingerprint density at radius 2 is 1.81 bits per heavy atom. The fraction of sp³-hybridized carbons (Fsp3) is 0.0667. The summed E-state index contributed by atoms with van der Waals surface area (Å²) in [7, 11) is 0. The molecule has 106 valence electrons. The third kappa shape index (κ3) is 3.15. The minimum Gasteiger partial charge on any atom is -0.486 e. The van der Waals surface area contributed by atoms with Gasteiger partial charge in [0, 0.05) is 10.7 Å². The average Bonchev–Trinajstić information content (AvgIpc) is 2.88. The first-order valence-electron chi connectivity index (χ1n) is 6.34. The van der Waals surface area contributed by atoms with Gasteiger partial charge in [0.25, 0.3) is 0 Å². The molecule has 21 heavy (non-hydrogen) atoms. The van der Waals surface area contributed by atoms with Crippen molar-refractivity contribution in [3.05, 3.63) is 70.2 Å². The maximum absolute atomic E-state index is 5.91. The largest absolute Gasteiger partial charge is 0.486 e. The Hall–Kier alpha value is -2.11. The lowest BCUT2D eigenvalue weighted by Gasteiger charge is -2.08. The number of aromatic amines is 1. The zero-order valence-corrected chi connectivity index (χ0v) is 12.6. The number of nitrogens with zero attached hydrogens (tertiary/aromatic N) is 2. The Balaban J connectivity index is 1.87. The number of halogens is 1. The van der Waals surface area contributed by atoms with Gasteiger partial charge in [-0.05, 0) is 48.6 Å². The van der Waals surface area contributed by atoms with Crippen LogP contribution >= 0.6 is 23.8 Å². The van der Waals surface area contributed by atoms with Crippen molar-refractivity contribution in [2.75, 3.05) is 0 Å². The average molecular weight is 318 g/mol. The third-order valence-corrected chi connectivity index (χ3v) is 3.46. The van der Waals surface area contributed by atoms with Gasteiger partial charge in [-0.25, -0.2) is 0 Å². The van der Waals surface area contributed by atoms with Gasteiger partial charge in [-0.15, -0.1) is 0 Å². The van der Waals surface area contributed by atoms with Crippen molar-refractivity contribution in [3.63, 3.8) is 0 Å². The quantitative estimate of drug-likeness (QED) is 0.735. The van der Waals surface area contributed by atoms with Gasteiger partial charge in [0.1, 0.15) is 12.4 Å². The summed E-state index contributed by atoms with van der Waals surface area (Å²) in [6, 6.07) is 17.0. The molecule has 0 aliphatic heterocycles. The van der Waals surface area contributed by atoms with Crippen LogP contribution in [0.2, 0.25) is 5.02 Å². The molecule has 3 aromatic rings. The highest BCUT2D eigenvalue weighted by molar-refractivity contribution is 7.71. The summed E-state index contributed by atoms with van der Waals surface area (Å²) in [5.74, 6) is 1.49. The van der Waals surface area contributed by atoms with Crippen molar-refractivity contribution < 1.29 is 4.74 Å². The van der Waals surface area contributed by atoms with Crippen LogP contribution < -0.4 is 4.74 Å². The van der Waals surface area contributed by atoms with Crippen LogP contribution in [-0.2, 0) is 6.61 Å². The van der Waals surface area contributed by atoms with Crippen LogP contribution in [0.25, 0.3) is 5.69 Å². The standard InChI is InChI=1S/C15H12ClN3OS/c16-11-6-8-12(9-7-11)19-14(17-18-15(19)21)10-20-13-4-2-1-3-5-13/h1-9H,10H2,(H,18,21). The van der Waals surface area contributed by atoms with Gasteiger partial charge in [-0.2, -0.15) is 5.10 Å². The predicted octanol–water partition coefficient (Wildman–Crippen LogP) is 4.16.